The van der Waals surface area contributed by atoms with Crippen molar-refractivity contribution in [2.24, 2.45) is 17.3 Å². The lowest BCUT2D eigenvalue weighted by molar-refractivity contribution is -0.179. The van der Waals surface area contributed by atoms with E-state index in [1.165, 1.54) is 13.2 Å². The number of carbonyl (C=O) groups excluding carboxylic acids is 4. The molecule has 0 aromatic heterocycles. The maximum atomic E-state index is 13.6. The Morgan fingerprint density at radius 2 is 1.69 bits per heavy atom. The van der Waals surface area contributed by atoms with E-state index in [2.05, 4.69) is 10.6 Å². The Labute approximate surface area is 298 Å². The maximum Gasteiger partial charge on any atom is 0.347 e. The SMILES string of the molecule is COc1ccc(C[C@H]2NC(=O)/C=C/C[C@@H]([C@H](C)C3OC3c3ccc(CCl)cc3)OC(=O)[C@H](CC(C)C)OC(=O)C(C)(C)CNC2=O)cc1Cl. The number of cyclic esters (lactones) is 2. The van der Waals surface area contributed by atoms with Crippen LogP contribution in [0.5, 0.6) is 5.75 Å². The zero-order chi connectivity index (χ0) is 35.9. The summed E-state index contributed by atoms with van der Waals surface area (Å²) in [6.45, 7) is 8.89. The van der Waals surface area contributed by atoms with Crippen molar-refractivity contribution in [2.45, 2.75) is 90.2 Å². The van der Waals surface area contributed by atoms with E-state index in [1.54, 1.807) is 38.1 Å². The minimum absolute atomic E-state index is 0.0116. The summed E-state index contributed by atoms with van der Waals surface area (Å²) >= 11 is 12.3. The standard InChI is InChI=1S/C37H46Cl2N2O8/c1-21(2)16-30-35(44)47-28(22(3)32-33(49-32)25-13-10-23(19-38)11-14-25)8-7-9-31(42)41-27(18-24-12-15-29(46-6)26(39)17-24)34(43)40-20-37(4,5)36(45)48-30/h7,9-15,17,21-22,27-28,30,32-33H,8,16,18-20H2,1-6H3,(H,40,43)(H,41,42)/b9-7+/t22-,27+,28-,30-,32?,33?/m0/s1. The van der Waals surface area contributed by atoms with Gasteiger partial charge in [0, 0.05) is 31.2 Å². The monoisotopic (exact) mass is 716 g/mol. The van der Waals surface area contributed by atoms with Crippen LogP contribution < -0.4 is 15.4 Å². The summed E-state index contributed by atoms with van der Waals surface area (Å²) in [6, 6.07) is 12.0. The summed E-state index contributed by atoms with van der Waals surface area (Å²) in [5.41, 5.74) is 1.46. The number of hydrogen-bond acceptors (Lipinski definition) is 8. The number of hydrogen-bond donors (Lipinski definition) is 2. The number of nitrogens with one attached hydrogen (secondary N) is 2. The topological polar surface area (TPSA) is 133 Å². The quantitative estimate of drug-likeness (QED) is 0.187. The van der Waals surface area contributed by atoms with Crippen molar-refractivity contribution in [1.29, 1.82) is 0 Å². The molecule has 10 nitrogen and oxygen atoms in total. The highest BCUT2D eigenvalue weighted by Crippen LogP contribution is 2.45. The Bertz CT molecular complexity index is 1530. The van der Waals surface area contributed by atoms with Crippen molar-refractivity contribution in [3.05, 3.63) is 76.3 Å². The van der Waals surface area contributed by atoms with Gasteiger partial charge in [-0.1, -0.05) is 68.8 Å². The van der Waals surface area contributed by atoms with E-state index < -0.39 is 47.4 Å². The fraction of sp³-hybridized carbons (Fsp3) is 0.514. The number of halogens is 2. The number of benzene rings is 2. The average Bonchev–Trinajstić information content (AvgIpc) is 3.86. The van der Waals surface area contributed by atoms with Gasteiger partial charge in [-0.05, 0) is 61.1 Å². The maximum absolute atomic E-state index is 13.6. The summed E-state index contributed by atoms with van der Waals surface area (Å²) < 4.78 is 23.1. The third-order valence-electron chi connectivity index (χ3n) is 8.74. The van der Waals surface area contributed by atoms with Crippen molar-refractivity contribution in [3.63, 3.8) is 0 Å². The van der Waals surface area contributed by atoms with Crippen molar-refractivity contribution in [3.8, 4) is 5.75 Å². The van der Waals surface area contributed by atoms with E-state index in [4.69, 9.17) is 42.1 Å². The Hall–Kier alpha value is -3.60. The summed E-state index contributed by atoms with van der Waals surface area (Å²) in [7, 11) is 1.50. The van der Waals surface area contributed by atoms with Gasteiger partial charge in [0.2, 0.25) is 11.8 Å². The van der Waals surface area contributed by atoms with Crippen LogP contribution in [0.15, 0.2) is 54.6 Å². The second-order valence-electron chi connectivity index (χ2n) is 13.7. The predicted octanol–water partition coefficient (Wildman–Crippen LogP) is 5.86. The van der Waals surface area contributed by atoms with Crippen LogP contribution in [-0.2, 0) is 45.7 Å². The van der Waals surface area contributed by atoms with Crippen LogP contribution in [0.1, 0.15) is 70.3 Å². The lowest BCUT2D eigenvalue weighted by Gasteiger charge is -2.29. The molecular formula is C37H46Cl2N2O8. The molecule has 1 fully saturated rings. The van der Waals surface area contributed by atoms with Gasteiger partial charge in [-0.3, -0.25) is 14.4 Å². The number of rotatable bonds is 9. The summed E-state index contributed by atoms with van der Waals surface area (Å²) in [5.74, 6) is -1.73. The van der Waals surface area contributed by atoms with E-state index in [9.17, 15) is 19.2 Å². The first kappa shape index (κ1) is 38.2. The molecule has 49 heavy (non-hydrogen) atoms. The second kappa shape index (κ2) is 16.9. The first-order valence-corrected chi connectivity index (χ1v) is 17.4. The van der Waals surface area contributed by atoms with Gasteiger partial charge in [-0.15, -0.1) is 11.6 Å². The lowest BCUT2D eigenvalue weighted by atomic mass is 9.92. The third-order valence-corrected chi connectivity index (χ3v) is 9.35. The van der Waals surface area contributed by atoms with E-state index in [0.717, 1.165) is 11.1 Å². The molecule has 0 bridgehead atoms. The molecule has 4 rings (SSSR count). The van der Waals surface area contributed by atoms with E-state index >= 15 is 0 Å². The van der Waals surface area contributed by atoms with E-state index in [-0.39, 0.29) is 49.9 Å². The van der Waals surface area contributed by atoms with Gasteiger partial charge in [-0.25, -0.2) is 4.79 Å². The number of methoxy groups -OCH3 is 1. The highest BCUT2D eigenvalue weighted by atomic mass is 35.5. The van der Waals surface area contributed by atoms with Crippen molar-refractivity contribution < 1.29 is 38.1 Å². The summed E-state index contributed by atoms with van der Waals surface area (Å²) in [6.07, 6.45) is 1.17. The van der Waals surface area contributed by atoms with Crippen molar-refractivity contribution >= 4 is 47.0 Å². The molecule has 2 N–H and O–H groups in total. The second-order valence-corrected chi connectivity index (χ2v) is 14.4. The van der Waals surface area contributed by atoms with E-state index in [1.807, 2.05) is 45.0 Å². The molecule has 2 aliphatic heterocycles. The molecule has 2 heterocycles. The van der Waals surface area contributed by atoms with Crippen LogP contribution in [-0.4, -0.2) is 61.8 Å². The summed E-state index contributed by atoms with van der Waals surface area (Å²) in [4.78, 5) is 53.7. The minimum Gasteiger partial charge on any atom is -0.495 e. The van der Waals surface area contributed by atoms with Gasteiger partial charge >= 0.3 is 11.9 Å². The lowest BCUT2D eigenvalue weighted by Crippen LogP contribution is -2.51. The van der Waals surface area contributed by atoms with Crippen LogP contribution in [0, 0.1) is 17.3 Å². The molecule has 12 heteroatoms. The fourth-order valence-electron chi connectivity index (χ4n) is 5.62. The molecule has 2 aromatic carbocycles. The van der Waals surface area contributed by atoms with Crippen LogP contribution in [0.3, 0.4) is 0 Å². The van der Waals surface area contributed by atoms with Crippen molar-refractivity contribution in [2.75, 3.05) is 13.7 Å². The predicted molar refractivity (Wildman–Crippen MR) is 186 cm³/mol. The minimum atomic E-state index is -1.21. The molecular weight excluding hydrogens is 671 g/mol. The molecule has 0 radical (unpaired) electrons. The van der Waals surface area contributed by atoms with Gasteiger partial charge in [0.05, 0.1) is 23.7 Å². The average molecular weight is 718 g/mol. The summed E-state index contributed by atoms with van der Waals surface area (Å²) in [5, 5.41) is 5.90. The number of ether oxygens (including phenoxy) is 4. The van der Waals surface area contributed by atoms with Crippen LogP contribution in [0.4, 0.5) is 0 Å². The molecule has 266 valence electrons. The zero-order valence-electron chi connectivity index (χ0n) is 28.8. The number of carbonyl (C=O) groups is 4. The molecule has 2 unspecified atom stereocenters. The van der Waals surface area contributed by atoms with E-state index in [0.29, 0.717) is 22.2 Å². The molecule has 2 aromatic rings. The normalized spacial score (nSPS) is 26.2. The number of esters is 2. The fourth-order valence-corrected chi connectivity index (χ4v) is 6.08. The Morgan fingerprint density at radius 3 is 2.33 bits per heavy atom. The molecule has 2 amide bonds. The Kier molecular flexibility index (Phi) is 13.2. The van der Waals surface area contributed by atoms with Crippen LogP contribution in [0.2, 0.25) is 5.02 Å². The van der Waals surface area contributed by atoms with Gasteiger partial charge in [-0.2, -0.15) is 0 Å². The third kappa shape index (κ3) is 10.4. The first-order valence-electron chi connectivity index (χ1n) is 16.5. The van der Waals surface area contributed by atoms with Gasteiger partial charge in [0.1, 0.15) is 24.0 Å². The highest BCUT2D eigenvalue weighted by molar-refractivity contribution is 6.32. The molecule has 2 aliphatic rings. The Morgan fingerprint density at radius 1 is 1.00 bits per heavy atom. The van der Waals surface area contributed by atoms with Gasteiger partial charge in [0.25, 0.3) is 0 Å². The molecule has 1 saturated heterocycles. The Balaban J connectivity index is 1.60. The van der Waals surface area contributed by atoms with Crippen LogP contribution >= 0.6 is 23.2 Å². The number of epoxide rings is 1. The molecule has 6 atom stereocenters. The van der Waals surface area contributed by atoms with Crippen LogP contribution in [0.25, 0.3) is 0 Å². The zero-order valence-corrected chi connectivity index (χ0v) is 30.3. The first-order chi connectivity index (χ1) is 23.2. The van der Waals surface area contributed by atoms with Gasteiger partial charge in [0.15, 0.2) is 6.10 Å². The molecule has 0 saturated carbocycles. The smallest absolute Gasteiger partial charge is 0.347 e. The van der Waals surface area contributed by atoms with Gasteiger partial charge < -0.3 is 29.6 Å². The highest BCUT2D eigenvalue weighted by Gasteiger charge is 2.48. The largest absolute Gasteiger partial charge is 0.495 e. The molecule has 0 aliphatic carbocycles. The molecule has 0 spiro atoms. The van der Waals surface area contributed by atoms with Crippen molar-refractivity contribution in [1.82, 2.24) is 10.6 Å². The number of alkyl halides is 1. The number of amides is 2.